The Hall–Kier alpha value is -4.09. The smallest absolute Gasteiger partial charge is 0.335 e. The zero-order valence-corrected chi connectivity index (χ0v) is 20.5. The molecule has 1 atom stereocenters. The Bertz CT molecular complexity index is 1260. The lowest BCUT2D eigenvalue weighted by Gasteiger charge is -2.19. The number of hydrogen-bond acceptors (Lipinski definition) is 4. The van der Waals surface area contributed by atoms with Gasteiger partial charge in [0, 0.05) is 11.7 Å². The molecule has 0 aliphatic heterocycles. The summed E-state index contributed by atoms with van der Waals surface area (Å²) >= 11 is 0. The largest absolute Gasteiger partial charge is 0.489 e. The summed E-state index contributed by atoms with van der Waals surface area (Å²) in [6.07, 6.45) is 2.29. The van der Waals surface area contributed by atoms with E-state index >= 15 is 0 Å². The van der Waals surface area contributed by atoms with E-state index in [0.717, 1.165) is 46.5 Å². The molecule has 0 spiro atoms. The molecule has 36 heavy (non-hydrogen) atoms. The van der Waals surface area contributed by atoms with Crippen LogP contribution in [0.1, 0.15) is 52.0 Å². The molecule has 184 valence electrons. The molecule has 0 radical (unpaired) electrons. The maximum Gasteiger partial charge on any atom is 0.335 e. The summed E-state index contributed by atoms with van der Waals surface area (Å²) in [6.45, 7) is 2.61. The SMILES string of the molecule is CC(NNc1ccccc1)c1ccc(OCc2ccccc2)c(CCCc2ccccc2C(=O)O)c1. The average molecular weight is 481 g/mol. The van der Waals surface area contributed by atoms with Crippen molar-refractivity contribution < 1.29 is 14.6 Å². The Balaban J connectivity index is 1.47. The summed E-state index contributed by atoms with van der Waals surface area (Å²) in [5, 5.41) is 9.50. The van der Waals surface area contributed by atoms with Crippen LogP contribution in [0.2, 0.25) is 0 Å². The molecule has 0 bridgehead atoms. The summed E-state index contributed by atoms with van der Waals surface area (Å²) in [6, 6.07) is 33.7. The van der Waals surface area contributed by atoms with Gasteiger partial charge in [-0.25, -0.2) is 10.2 Å². The maximum absolute atomic E-state index is 11.6. The van der Waals surface area contributed by atoms with Crippen molar-refractivity contribution in [2.75, 3.05) is 5.43 Å². The number of rotatable bonds is 12. The van der Waals surface area contributed by atoms with Crippen LogP contribution >= 0.6 is 0 Å². The van der Waals surface area contributed by atoms with Gasteiger partial charge in [-0.15, -0.1) is 0 Å². The van der Waals surface area contributed by atoms with E-state index in [1.165, 1.54) is 0 Å². The predicted octanol–water partition coefficient (Wildman–Crippen LogP) is 6.82. The maximum atomic E-state index is 11.6. The first-order valence-electron chi connectivity index (χ1n) is 12.3. The van der Waals surface area contributed by atoms with Gasteiger partial charge in [0.15, 0.2) is 0 Å². The minimum Gasteiger partial charge on any atom is -0.489 e. The molecule has 5 heteroatoms. The number of para-hydroxylation sites is 1. The van der Waals surface area contributed by atoms with Crippen molar-refractivity contribution in [2.45, 2.75) is 38.8 Å². The summed E-state index contributed by atoms with van der Waals surface area (Å²) in [5.74, 6) is -0.0253. The number of carboxylic acid groups (broad SMARTS) is 1. The van der Waals surface area contributed by atoms with Crippen LogP contribution in [0.3, 0.4) is 0 Å². The number of aromatic carboxylic acids is 1. The molecule has 0 saturated carbocycles. The van der Waals surface area contributed by atoms with Crippen LogP contribution in [0.4, 0.5) is 5.69 Å². The number of hydrogen-bond donors (Lipinski definition) is 3. The third kappa shape index (κ3) is 6.96. The number of hydrazine groups is 1. The van der Waals surface area contributed by atoms with Gasteiger partial charge >= 0.3 is 5.97 Å². The summed E-state index contributed by atoms with van der Waals surface area (Å²) in [7, 11) is 0. The number of carbonyl (C=O) groups is 1. The van der Waals surface area contributed by atoms with Gasteiger partial charge in [0.25, 0.3) is 0 Å². The van der Waals surface area contributed by atoms with Gasteiger partial charge < -0.3 is 15.3 Å². The standard InChI is InChI=1S/C31H32N2O3/c1-23(32-33-28-16-6-3-7-17-28)26-19-20-30(36-22-24-11-4-2-5-12-24)27(21-26)15-10-14-25-13-8-9-18-29(25)31(34)35/h2-9,11-13,16-21,23,32-33H,10,14-15,22H2,1H3,(H,34,35). The van der Waals surface area contributed by atoms with Crippen molar-refractivity contribution in [2.24, 2.45) is 0 Å². The van der Waals surface area contributed by atoms with Crippen LogP contribution in [0.25, 0.3) is 0 Å². The highest BCUT2D eigenvalue weighted by atomic mass is 16.5. The van der Waals surface area contributed by atoms with Crippen LogP contribution in [-0.2, 0) is 19.4 Å². The van der Waals surface area contributed by atoms with Crippen LogP contribution in [0.15, 0.2) is 103 Å². The fourth-order valence-electron chi connectivity index (χ4n) is 4.15. The highest BCUT2D eigenvalue weighted by Crippen LogP contribution is 2.27. The lowest BCUT2D eigenvalue weighted by Crippen LogP contribution is -2.25. The number of aryl methyl sites for hydroxylation is 2. The van der Waals surface area contributed by atoms with Crippen molar-refractivity contribution in [1.29, 1.82) is 0 Å². The van der Waals surface area contributed by atoms with Gasteiger partial charge in [-0.3, -0.25) is 0 Å². The second-order valence-corrected chi connectivity index (χ2v) is 8.81. The Morgan fingerprint density at radius 1 is 0.833 bits per heavy atom. The van der Waals surface area contributed by atoms with Crippen molar-refractivity contribution in [1.82, 2.24) is 5.43 Å². The molecule has 3 N–H and O–H groups in total. The van der Waals surface area contributed by atoms with Crippen LogP contribution in [0.5, 0.6) is 5.75 Å². The van der Waals surface area contributed by atoms with Crippen LogP contribution in [0, 0.1) is 0 Å². The Labute approximate surface area is 212 Å². The molecule has 4 rings (SSSR count). The lowest BCUT2D eigenvalue weighted by molar-refractivity contribution is 0.0695. The lowest BCUT2D eigenvalue weighted by atomic mass is 9.97. The molecular weight excluding hydrogens is 448 g/mol. The van der Waals surface area contributed by atoms with Gasteiger partial charge in [0.2, 0.25) is 0 Å². The van der Waals surface area contributed by atoms with E-state index in [1.54, 1.807) is 12.1 Å². The summed E-state index contributed by atoms with van der Waals surface area (Å²) in [5.41, 5.74) is 12.2. The van der Waals surface area contributed by atoms with Gasteiger partial charge in [-0.05, 0) is 72.7 Å². The molecule has 4 aromatic carbocycles. The Kier molecular flexibility index (Phi) is 8.73. The highest BCUT2D eigenvalue weighted by molar-refractivity contribution is 5.89. The second-order valence-electron chi connectivity index (χ2n) is 8.81. The number of anilines is 1. The molecule has 0 saturated heterocycles. The molecule has 0 aliphatic rings. The number of ether oxygens (including phenoxy) is 1. The highest BCUT2D eigenvalue weighted by Gasteiger charge is 2.13. The average Bonchev–Trinajstić information content (AvgIpc) is 2.92. The zero-order chi connectivity index (χ0) is 25.2. The van der Waals surface area contributed by atoms with E-state index in [9.17, 15) is 9.90 Å². The van der Waals surface area contributed by atoms with E-state index in [0.29, 0.717) is 18.6 Å². The molecule has 0 fully saturated rings. The Morgan fingerprint density at radius 2 is 1.50 bits per heavy atom. The zero-order valence-electron chi connectivity index (χ0n) is 20.5. The minimum atomic E-state index is -0.884. The normalized spacial score (nSPS) is 11.6. The molecule has 0 aliphatic carbocycles. The number of carboxylic acids is 1. The van der Waals surface area contributed by atoms with E-state index in [2.05, 4.69) is 42.0 Å². The topological polar surface area (TPSA) is 70.6 Å². The third-order valence-corrected chi connectivity index (χ3v) is 6.17. The van der Waals surface area contributed by atoms with E-state index in [4.69, 9.17) is 4.74 Å². The second kappa shape index (κ2) is 12.6. The fourth-order valence-corrected chi connectivity index (χ4v) is 4.15. The number of nitrogens with one attached hydrogen (secondary N) is 2. The first-order valence-corrected chi connectivity index (χ1v) is 12.3. The van der Waals surface area contributed by atoms with Gasteiger partial charge in [-0.2, -0.15) is 0 Å². The van der Waals surface area contributed by atoms with E-state index < -0.39 is 5.97 Å². The molecular formula is C31H32N2O3. The van der Waals surface area contributed by atoms with Gasteiger partial charge in [0.05, 0.1) is 5.56 Å². The molecule has 0 aromatic heterocycles. The van der Waals surface area contributed by atoms with Crippen LogP contribution < -0.4 is 15.6 Å². The quantitative estimate of drug-likeness (QED) is 0.194. The van der Waals surface area contributed by atoms with E-state index in [1.807, 2.05) is 66.7 Å². The molecule has 1 unspecified atom stereocenters. The van der Waals surface area contributed by atoms with Crippen molar-refractivity contribution >= 4 is 11.7 Å². The fraction of sp³-hybridized carbons (Fsp3) is 0.194. The van der Waals surface area contributed by atoms with Crippen LogP contribution in [-0.4, -0.2) is 11.1 Å². The number of benzene rings is 4. The Morgan fingerprint density at radius 3 is 2.25 bits per heavy atom. The predicted molar refractivity (Wildman–Crippen MR) is 144 cm³/mol. The molecule has 4 aromatic rings. The minimum absolute atomic E-state index is 0.0693. The van der Waals surface area contributed by atoms with Crippen molar-refractivity contribution in [3.63, 3.8) is 0 Å². The monoisotopic (exact) mass is 480 g/mol. The summed E-state index contributed by atoms with van der Waals surface area (Å²) in [4.78, 5) is 11.6. The summed E-state index contributed by atoms with van der Waals surface area (Å²) < 4.78 is 6.22. The van der Waals surface area contributed by atoms with E-state index in [-0.39, 0.29) is 6.04 Å². The first-order chi connectivity index (χ1) is 17.6. The molecule has 0 heterocycles. The van der Waals surface area contributed by atoms with Crippen molar-refractivity contribution in [3.05, 3.63) is 131 Å². The molecule has 0 amide bonds. The van der Waals surface area contributed by atoms with Crippen molar-refractivity contribution in [3.8, 4) is 5.75 Å². The molecule has 5 nitrogen and oxygen atoms in total. The van der Waals surface area contributed by atoms with Gasteiger partial charge in [0.1, 0.15) is 12.4 Å². The third-order valence-electron chi connectivity index (χ3n) is 6.17. The van der Waals surface area contributed by atoms with Gasteiger partial charge in [-0.1, -0.05) is 78.9 Å². The first kappa shape index (κ1) is 25.0.